The second kappa shape index (κ2) is 7.24. The molecule has 0 aromatic rings. The number of aliphatic hydroxyl groups is 1. The van der Waals surface area contributed by atoms with Gasteiger partial charge < -0.3 is 10.8 Å². The van der Waals surface area contributed by atoms with E-state index in [-0.39, 0.29) is 12.0 Å². The van der Waals surface area contributed by atoms with E-state index in [0.29, 0.717) is 12.5 Å². The van der Waals surface area contributed by atoms with Crippen molar-refractivity contribution in [2.24, 2.45) is 23.0 Å². The molecule has 3 N–H and O–H groups in total. The van der Waals surface area contributed by atoms with Crippen molar-refractivity contribution in [1.82, 2.24) is 0 Å². The molecule has 2 heteroatoms. The van der Waals surface area contributed by atoms with Crippen molar-refractivity contribution < 1.29 is 5.11 Å². The van der Waals surface area contributed by atoms with E-state index in [1.54, 1.807) is 0 Å². The van der Waals surface area contributed by atoms with Crippen molar-refractivity contribution >= 4 is 0 Å². The van der Waals surface area contributed by atoms with Crippen molar-refractivity contribution in [2.45, 2.75) is 53.4 Å². The van der Waals surface area contributed by atoms with Crippen LogP contribution in [0.3, 0.4) is 0 Å². The first kappa shape index (κ1) is 14.9. The molecule has 0 amide bonds. The van der Waals surface area contributed by atoms with Gasteiger partial charge in [-0.3, -0.25) is 0 Å². The van der Waals surface area contributed by atoms with E-state index in [1.165, 1.54) is 12.8 Å². The molecule has 0 fully saturated rings. The van der Waals surface area contributed by atoms with Crippen LogP contribution in [0.1, 0.15) is 53.4 Å². The molecule has 2 nitrogen and oxygen atoms in total. The molecule has 0 bridgehead atoms. The minimum Gasteiger partial charge on any atom is -0.396 e. The van der Waals surface area contributed by atoms with Gasteiger partial charge in [-0.1, -0.05) is 40.5 Å². The van der Waals surface area contributed by atoms with Gasteiger partial charge in [-0.2, -0.15) is 0 Å². The van der Waals surface area contributed by atoms with Gasteiger partial charge in [-0.15, -0.1) is 0 Å². The smallest absolute Gasteiger partial charge is 0.0499 e. The van der Waals surface area contributed by atoms with Gasteiger partial charge in [0, 0.05) is 18.6 Å². The standard InChI is InChI=1S/C13H29NO/c1-11(2)6-5-7-13(9-14,10-15)8-12(3)4/h11-12,15H,5-10,14H2,1-4H3. The topological polar surface area (TPSA) is 46.2 Å². The molecule has 1 unspecified atom stereocenters. The van der Waals surface area contributed by atoms with Crippen LogP contribution < -0.4 is 5.73 Å². The third-order valence-corrected chi connectivity index (χ3v) is 3.10. The minimum absolute atomic E-state index is 0.0247. The van der Waals surface area contributed by atoms with E-state index in [2.05, 4.69) is 27.7 Å². The Bertz CT molecular complexity index is 151. The molecule has 0 aliphatic rings. The summed E-state index contributed by atoms with van der Waals surface area (Å²) in [7, 11) is 0. The van der Waals surface area contributed by atoms with Gasteiger partial charge in [0.15, 0.2) is 0 Å². The average Bonchev–Trinajstić information content (AvgIpc) is 2.15. The summed E-state index contributed by atoms with van der Waals surface area (Å²) in [6.45, 7) is 9.72. The third-order valence-electron chi connectivity index (χ3n) is 3.10. The highest BCUT2D eigenvalue weighted by Gasteiger charge is 2.28. The monoisotopic (exact) mass is 215 g/mol. The largest absolute Gasteiger partial charge is 0.396 e. The molecule has 0 radical (unpaired) electrons. The highest BCUT2D eigenvalue weighted by molar-refractivity contribution is 4.81. The van der Waals surface area contributed by atoms with E-state index in [1.807, 2.05) is 0 Å². The molecule has 0 spiro atoms. The van der Waals surface area contributed by atoms with Crippen LogP contribution in [0.15, 0.2) is 0 Å². The van der Waals surface area contributed by atoms with E-state index in [0.717, 1.165) is 18.8 Å². The maximum absolute atomic E-state index is 9.51. The summed E-state index contributed by atoms with van der Waals surface area (Å²) in [4.78, 5) is 0. The zero-order valence-corrected chi connectivity index (χ0v) is 10.9. The Morgan fingerprint density at radius 2 is 1.73 bits per heavy atom. The highest BCUT2D eigenvalue weighted by atomic mass is 16.3. The predicted molar refractivity (Wildman–Crippen MR) is 66.7 cm³/mol. The number of hydrogen-bond acceptors (Lipinski definition) is 2. The summed E-state index contributed by atoms with van der Waals surface area (Å²) in [5.41, 5.74) is 5.80. The zero-order valence-electron chi connectivity index (χ0n) is 10.9. The summed E-state index contributed by atoms with van der Waals surface area (Å²) < 4.78 is 0. The summed E-state index contributed by atoms with van der Waals surface area (Å²) in [5, 5.41) is 9.51. The van der Waals surface area contributed by atoms with Gasteiger partial charge in [0.05, 0.1) is 0 Å². The maximum atomic E-state index is 9.51. The van der Waals surface area contributed by atoms with Crippen LogP contribution in [0.5, 0.6) is 0 Å². The fourth-order valence-corrected chi connectivity index (χ4v) is 2.25. The lowest BCUT2D eigenvalue weighted by atomic mass is 9.76. The van der Waals surface area contributed by atoms with Crippen LogP contribution in [0, 0.1) is 17.3 Å². The lowest BCUT2D eigenvalue weighted by molar-refractivity contribution is 0.0947. The lowest BCUT2D eigenvalue weighted by Gasteiger charge is -2.32. The number of aliphatic hydroxyl groups excluding tert-OH is 1. The average molecular weight is 215 g/mol. The Morgan fingerprint density at radius 3 is 2.07 bits per heavy atom. The van der Waals surface area contributed by atoms with Gasteiger partial charge in [-0.25, -0.2) is 0 Å². The fraction of sp³-hybridized carbons (Fsp3) is 1.00. The molecule has 1 atom stereocenters. The van der Waals surface area contributed by atoms with Gasteiger partial charge >= 0.3 is 0 Å². The Kier molecular flexibility index (Phi) is 7.20. The third kappa shape index (κ3) is 6.16. The Morgan fingerprint density at radius 1 is 1.13 bits per heavy atom. The minimum atomic E-state index is -0.0247. The molecule has 92 valence electrons. The molecule has 0 saturated carbocycles. The van der Waals surface area contributed by atoms with Gasteiger partial charge in [0.1, 0.15) is 0 Å². The molecular formula is C13H29NO. The van der Waals surface area contributed by atoms with Crippen LogP contribution in [-0.4, -0.2) is 18.3 Å². The Hall–Kier alpha value is -0.0800. The quantitative estimate of drug-likeness (QED) is 0.654. The molecule has 0 aromatic heterocycles. The molecule has 0 heterocycles. The molecule has 0 rings (SSSR count). The Balaban J connectivity index is 4.11. The van der Waals surface area contributed by atoms with Crippen molar-refractivity contribution in [3.63, 3.8) is 0 Å². The molecular weight excluding hydrogens is 186 g/mol. The fourth-order valence-electron chi connectivity index (χ4n) is 2.25. The predicted octanol–water partition coefficient (Wildman–Crippen LogP) is 2.80. The number of hydrogen-bond donors (Lipinski definition) is 2. The lowest BCUT2D eigenvalue weighted by Crippen LogP contribution is -2.35. The molecule has 0 aliphatic heterocycles. The molecule has 0 aromatic carbocycles. The van der Waals surface area contributed by atoms with Gasteiger partial charge in [0.2, 0.25) is 0 Å². The molecule has 15 heavy (non-hydrogen) atoms. The van der Waals surface area contributed by atoms with Gasteiger partial charge in [0.25, 0.3) is 0 Å². The van der Waals surface area contributed by atoms with Crippen LogP contribution >= 0.6 is 0 Å². The van der Waals surface area contributed by atoms with Crippen LogP contribution in [-0.2, 0) is 0 Å². The van der Waals surface area contributed by atoms with Crippen molar-refractivity contribution in [3.05, 3.63) is 0 Å². The van der Waals surface area contributed by atoms with Crippen molar-refractivity contribution in [3.8, 4) is 0 Å². The van der Waals surface area contributed by atoms with E-state index in [9.17, 15) is 5.11 Å². The van der Waals surface area contributed by atoms with E-state index >= 15 is 0 Å². The normalized spacial score (nSPS) is 16.0. The number of rotatable bonds is 8. The first-order chi connectivity index (χ1) is 6.95. The SMILES string of the molecule is CC(C)CCCC(CN)(CO)CC(C)C. The first-order valence-corrected chi connectivity index (χ1v) is 6.26. The van der Waals surface area contributed by atoms with Crippen LogP contribution in [0.25, 0.3) is 0 Å². The van der Waals surface area contributed by atoms with Gasteiger partial charge in [-0.05, 0) is 24.7 Å². The summed E-state index contributed by atoms with van der Waals surface area (Å²) >= 11 is 0. The summed E-state index contributed by atoms with van der Waals surface area (Å²) in [5.74, 6) is 1.36. The summed E-state index contributed by atoms with van der Waals surface area (Å²) in [6, 6.07) is 0. The second-order valence-corrected chi connectivity index (χ2v) is 5.75. The summed E-state index contributed by atoms with van der Waals surface area (Å²) in [6.07, 6.45) is 4.52. The maximum Gasteiger partial charge on any atom is 0.0499 e. The second-order valence-electron chi connectivity index (χ2n) is 5.75. The van der Waals surface area contributed by atoms with Crippen molar-refractivity contribution in [1.29, 1.82) is 0 Å². The first-order valence-electron chi connectivity index (χ1n) is 6.26. The Labute approximate surface area is 95.3 Å². The van der Waals surface area contributed by atoms with E-state index < -0.39 is 0 Å². The van der Waals surface area contributed by atoms with Crippen molar-refractivity contribution in [2.75, 3.05) is 13.2 Å². The van der Waals surface area contributed by atoms with E-state index in [4.69, 9.17) is 5.73 Å². The van der Waals surface area contributed by atoms with Crippen LogP contribution in [0.2, 0.25) is 0 Å². The zero-order chi connectivity index (χ0) is 11.9. The number of nitrogens with two attached hydrogens (primary N) is 1. The van der Waals surface area contributed by atoms with Crippen LogP contribution in [0.4, 0.5) is 0 Å². The highest BCUT2D eigenvalue weighted by Crippen LogP contribution is 2.31. The molecule has 0 aliphatic carbocycles. The molecule has 0 saturated heterocycles.